The lowest BCUT2D eigenvalue weighted by Crippen LogP contribution is -2.16. The standard InChI is InChI=1S/C55H39N/c1-55(2)53-18-10-9-17-49(53)50-32-31-44(35-54(50)55)56(42-27-23-36(24-28-42)40-22-21-38-20-19-37-11-3-5-13-45(37)51(38)33-40)43-29-25-39(26-30-43)52-34-41-12-4-6-14-46(41)47-15-7-8-16-48(47)52/h3-35H,1-2H3. The largest absolute Gasteiger partial charge is 0.310 e. The van der Waals surface area contributed by atoms with Crippen LogP contribution in [0.3, 0.4) is 0 Å². The maximum Gasteiger partial charge on any atom is 0.0465 e. The molecule has 0 saturated heterocycles. The van der Waals surface area contributed by atoms with Gasteiger partial charge in [-0.2, -0.15) is 0 Å². The van der Waals surface area contributed by atoms with Crippen LogP contribution in [-0.4, -0.2) is 0 Å². The Hall–Kier alpha value is -6.96. The Kier molecular flexibility index (Phi) is 7.28. The van der Waals surface area contributed by atoms with Crippen molar-refractivity contribution in [1.82, 2.24) is 0 Å². The van der Waals surface area contributed by atoms with E-state index in [2.05, 4.69) is 219 Å². The summed E-state index contributed by atoms with van der Waals surface area (Å²) in [6.45, 7) is 4.71. The molecule has 0 radical (unpaired) electrons. The normalized spacial score (nSPS) is 13.0. The molecule has 0 aromatic heterocycles. The third-order valence-corrected chi connectivity index (χ3v) is 12.2. The van der Waals surface area contributed by atoms with Crippen molar-refractivity contribution in [2.45, 2.75) is 19.3 Å². The molecule has 0 amide bonds. The van der Waals surface area contributed by atoms with Crippen LogP contribution in [0.25, 0.3) is 76.5 Å². The molecule has 10 aromatic carbocycles. The zero-order chi connectivity index (χ0) is 37.4. The van der Waals surface area contributed by atoms with Gasteiger partial charge in [0.15, 0.2) is 0 Å². The number of hydrogen-bond acceptors (Lipinski definition) is 1. The highest BCUT2D eigenvalue weighted by Crippen LogP contribution is 2.51. The van der Waals surface area contributed by atoms with Crippen LogP contribution in [0.2, 0.25) is 0 Å². The minimum Gasteiger partial charge on any atom is -0.310 e. The number of rotatable bonds is 5. The second-order valence-corrected chi connectivity index (χ2v) is 15.7. The van der Waals surface area contributed by atoms with Crippen LogP contribution in [0.1, 0.15) is 25.0 Å². The topological polar surface area (TPSA) is 3.24 Å². The molecule has 0 unspecified atom stereocenters. The molecule has 1 aliphatic rings. The summed E-state index contributed by atoms with van der Waals surface area (Å²) in [5.41, 5.74) is 13.6. The second-order valence-electron chi connectivity index (χ2n) is 15.7. The van der Waals surface area contributed by atoms with Gasteiger partial charge >= 0.3 is 0 Å². The lowest BCUT2D eigenvalue weighted by atomic mass is 9.82. The number of nitrogens with zero attached hydrogens (tertiary/aromatic N) is 1. The van der Waals surface area contributed by atoms with Gasteiger partial charge in [0, 0.05) is 22.5 Å². The fourth-order valence-electron chi connectivity index (χ4n) is 9.35. The Labute approximate surface area is 327 Å². The Balaban J connectivity index is 1.03. The van der Waals surface area contributed by atoms with Gasteiger partial charge in [-0.1, -0.05) is 166 Å². The molecule has 0 atom stereocenters. The molecule has 0 bridgehead atoms. The summed E-state index contributed by atoms with van der Waals surface area (Å²) in [6, 6.07) is 74.0. The van der Waals surface area contributed by atoms with E-state index in [9.17, 15) is 0 Å². The maximum absolute atomic E-state index is 2.42. The second kappa shape index (κ2) is 12.5. The highest BCUT2D eigenvalue weighted by molar-refractivity contribution is 6.14. The first-order valence-electron chi connectivity index (χ1n) is 19.6. The molecule has 0 aliphatic heterocycles. The van der Waals surface area contributed by atoms with E-state index in [1.165, 1.54) is 87.6 Å². The number of fused-ring (bicyclic) bond motifs is 9. The Bertz CT molecular complexity index is 3150. The van der Waals surface area contributed by atoms with Gasteiger partial charge < -0.3 is 4.90 Å². The molecule has 0 heterocycles. The fourth-order valence-corrected chi connectivity index (χ4v) is 9.35. The molecule has 11 rings (SSSR count). The monoisotopic (exact) mass is 713 g/mol. The third-order valence-electron chi connectivity index (χ3n) is 12.2. The van der Waals surface area contributed by atoms with Crippen LogP contribution >= 0.6 is 0 Å². The van der Waals surface area contributed by atoms with Crippen molar-refractivity contribution >= 4 is 60.2 Å². The van der Waals surface area contributed by atoms with Gasteiger partial charge in [-0.25, -0.2) is 0 Å². The van der Waals surface area contributed by atoms with Crippen LogP contribution in [0.15, 0.2) is 200 Å². The highest BCUT2D eigenvalue weighted by atomic mass is 15.1. The quantitative estimate of drug-likeness (QED) is 0.161. The van der Waals surface area contributed by atoms with E-state index in [1.54, 1.807) is 0 Å². The van der Waals surface area contributed by atoms with Crippen LogP contribution in [0.4, 0.5) is 17.1 Å². The summed E-state index contributed by atoms with van der Waals surface area (Å²) in [5.74, 6) is 0. The molecule has 56 heavy (non-hydrogen) atoms. The summed E-state index contributed by atoms with van der Waals surface area (Å²) in [4.78, 5) is 2.42. The number of anilines is 3. The first-order valence-corrected chi connectivity index (χ1v) is 19.6. The molecule has 0 fully saturated rings. The predicted octanol–water partition coefficient (Wildman–Crippen LogP) is 15.4. The molecule has 0 spiro atoms. The Morgan fingerprint density at radius 2 is 0.821 bits per heavy atom. The van der Waals surface area contributed by atoms with Crippen molar-refractivity contribution in [1.29, 1.82) is 0 Å². The van der Waals surface area contributed by atoms with Crippen molar-refractivity contribution in [2.75, 3.05) is 4.90 Å². The van der Waals surface area contributed by atoms with E-state index in [1.807, 2.05) is 0 Å². The lowest BCUT2D eigenvalue weighted by molar-refractivity contribution is 0.660. The van der Waals surface area contributed by atoms with Gasteiger partial charge in [-0.05, 0) is 136 Å². The van der Waals surface area contributed by atoms with E-state index >= 15 is 0 Å². The Morgan fingerprint density at radius 3 is 1.57 bits per heavy atom. The summed E-state index contributed by atoms with van der Waals surface area (Å²) >= 11 is 0. The Morgan fingerprint density at radius 1 is 0.304 bits per heavy atom. The van der Waals surface area contributed by atoms with Crippen LogP contribution in [0.5, 0.6) is 0 Å². The summed E-state index contributed by atoms with van der Waals surface area (Å²) in [7, 11) is 0. The van der Waals surface area contributed by atoms with Gasteiger partial charge in [0.25, 0.3) is 0 Å². The predicted molar refractivity (Wildman–Crippen MR) is 240 cm³/mol. The zero-order valence-electron chi connectivity index (χ0n) is 31.5. The van der Waals surface area contributed by atoms with E-state index in [0.29, 0.717) is 0 Å². The van der Waals surface area contributed by atoms with Crippen molar-refractivity contribution in [2.24, 2.45) is 0 Å². The average Bonchev–Trinajstić information content (AvgIpc) is 3.49. The van der Waals surface area contributed by atoms with Crippen molar-refractivity contribution in [3.63, 3.8) is 0 Å². The molecule has 264 valence electrons. The van der Waals surface area contributed by atoms with Gasteiger partial charge in [-0.15, -0.1) is 0 Å². The molecular formula is C55H39N. The first kappa shape index (κ1) is 32.5. The van der Waals surface area contributed by atoms with Crippen LogP contribution in [-0.2, 0) is 5.41 Å². The molecule has 10 aromatic rings. The fraction of sp³-hybridized carbons (Fsp3) is 0.0545. The molecule has 1 aliphatic carbocycles. The van der Waals surface area contributed by atoms with Gasteiger partial charge in [0.05, 0.1) is 0 Å². The van der Waals surface area contributed by atoms with Gasteiger partial charge in [0.1, 0.15) is 0 Å². The third kappa shape index (κ3) is 5.08. The van der Waals surface area contributed by atoms with Crippen molar-refractivity contribution in [3.8, 4) is 33.4 Å². The molecule has 1 nitrogen and oxygen atoms in total. The van der Waals surface area contributed by atoms with Crippen LogP contribution in [0, 0.1) is 0 Å². The van der Waals surface area contributed by atoms with E-state index in [0.717, 1.165) is 17.1 Å². The summed E-state index contributed by atoms with van der Waals surface area (Å²) < 4.78 is 0. The average molecular weight is 714 g/mol. The number of hydrogen-bond donors (Lipinski definition) is 0. The van der Waals surface area contributed by atoms with E-state index in [4.69, 9.17) is 0 Å². The summed E-state index contributed by atoms with van der Waals surface area (Å²) in [6.07, 6.45) is 0. The van der Waals surface area contributed by atoms with E-state index in [-0.39, 0.29) is 5.41 Å². The van der Waals surface area contributed by atoms with Gasteiger partial charge in [-0.3, -0.25) is 0 Å². The molecule has 1 heteroatoms. The maximum atomic E-state index is 2.42. The van der Waals surface area contributed by atoms with E-state index < -0.39 is 0 Å². The molecule has 0 N–H and O–H groups in total. The highest BCUT2D eigenvalue weighted by Gasteiger charge is 2.35. The van der Waals surface area contributed by atoms with Crippen LogP contribution < -0.4 is 4.90 Å². The zero-order valence-corrected chi connectivity index (χ0v) is 31.5. The van der Waals surface area contributed by atoms with Gasteiger partial charge in [0.2, 0.25) is 0 Å². The minimum absolute atomic E-state index is 0.0985. The summed E-state index contributed by atoms with van der Waals surface area (Å²) in [5, 5.41) is 10.2. The smallest absolute Gasteiger partial charge is 0.0465 e. The molecule has 0 saturated carbocycles. The lowest BCUT2D eigenvalue weighted by Gasteiger charge is -2.28. The number of benzene rings is 10. The van der Waals surface area contributed by atoms with Crippen molar-refractivity contribution < 1.29 is 0 Å². The minimum atomic E-state index is -0.0985. The van der Waals surface area contributed by atoms with Crippen molar-refractivity contribution in [3.05, 3.63) is 211 Å². The first-order chi connectivity index (χ1) is 27.5. The molecular weight excluding hydrogens is 675 g/mol. The SMILES string of the molecule is CC1(C)c2ccccc2-c2ccc(N(c3ccc(-c4ccc5ccc6ccccc6c5c4)cc3)c3ccc(-c4cc5ccccc5c5ccccc45)cc3)cc21.